The molecule has 1 aliphatic rings. The van der Waals surface area contributed by atoms with Gasteiger partial charge in [0.2, 0.25) is 0 Å². The first-order chi connectivity index (χ1) is 22.4. The number of aryl methyl sites for hydroxylation is 1. The van der Waals surface area contributed by atoms with E-state index in [-0.39, 0.29) is 42.3 Å². The number of aliphatic hydroxyl groups is 1. The number of para-hydroxylation sites is 1. The molecule has 4 atom stereocenters. The first-order valence-electron chi connectivity index (χ1n) is 15.8. The van der Waals surface area contributed by atoms with Gasteiger partial charge in [-0.15, -0.1) is 0 Å². The molecule has 0 radical (unpaired) electrons. The molecule has 1 aliphatic heterocycles. The van der Waals surface area contributed by atoms with E-state index in [4.69, 9.17) is 9.47 Å². The van der Waals surface area contributed by atoms with Crippen LogP contribution in [0.15, 0.2) is 66.1 Å². The molecule has 3 N–H and O–H groups in total. The summed E-state index contributed by atoms with van der Waals surface area (Å²) in [7, 11) is -0.696. The van der Waals surface area contributed by atoms with Crippen molar-refractivity contribution >= 4 is 33.3 Å². The van der Waals surface area contributed by atoms with Gasteiger partial charge in [0.25, 0.3) is 15.9 Å². The van der Waals surface area contributed by atoms with Crippen LogP contribution < -0.4 is 15.4 Å². The largest absolute Gasteiger partial charge is 0.490 e. The van der Waals surface area contributed by atoms with Gasteiger partial charge >= 0.3 is 6.03 Å². The Morgan fingerprint density at radius 1 is 1.13 bits per heavy atom. The van der Waals surface area contributed by atoms with Crippen molar-refractivity contribution in [2.75, 3.05) is 44.0 Å². The van der Waals surface area contributed by atoms with Gasteiger partial charge in [0, 0.05) is 57.3 Å². The number of hydrogen-bond acceptors (Lipinski definition) is 8. The lowest BCUT2D eigenvalue weighted by atomic mass is 10.0. The number of sulfonamides is 1. The number of aliphatic hydroxyl groups excluding tert-OH is 1. The molecule has 13 nitrogen and oxygen atoms in total. The topological polar surface area (TPSA) is 155 Å². The zero-order valence-corrected chi connectivity index (χ0v) is 28.4. The lowest BCUT2D eigenvalue weighted by Crippen LogP contribution is -2.48. The number of hydrogen-bond donors (Lipinski definition) is 3. The van der Waals surface area contributed by atoms with Gasteiger partial charge < -0.3 is 34.7 Å². The van der Waals surface area contributed by atoms with Crippen molar-refractivity contribution in [3.63, 3.8) is 0 Å². The Morgan fingerprint density at radius 2 is 1.85 bits per heavy atom. The number of anilines is 2. The lowest BCUT2D eigenvalue weighted by Gasteiger charge is -2.35. The maximum Gasteiger partial charge on any atom is 0.323 e. The highest BCUT2D eigenvalue weighted by atomic mass is 32.2. The van der Waals surface area contributed by atoms with Gasteiger partial charge in [-0.3, -0.25) is 4.79 Å². The number of aromatic nitrogens is 2. The Hall–Kier alpha value is -3.98. The molecule has 0 saturated heterocycles. The minimum Gasteiger partial charge on any atom is -0.490 e. The van der Waals surface area contributed by atoms with Crippen molar-refractivity contribution in [1.82, 2.24) is 18.8 Å². The molecule has 3 aromatic rings. The summed E-state index contributed by atoms with van der Waals surface area (Å²) in [4.78, 5) is 32.6. The van der Waals surface area contributed by atoms with Crippen LogP contribution in [-0.4, -0.2) is 95.8 Å². The lowest BCUT2D eigenvalue weighted by molar-refractivity contribution is -0.00835. The summed E-state index contributed by atoms with van der Waals surface area (Å²) in [6.07, 6.45) is 4.31. The van der Waals surface area contributed by atoms with E-state index in [1.807, 2.05) is 32.0 Å². The van der Waals surface area contributed by atoms with Gasteiger partial charge in [0.15, 0.2) is 5.03 Å². The number of carbonyl (C=O) groups is 2. The average molecular weight is 671 g/mol. The van der Waals surface area contributed by atoms with Crippen LogP contribution in [0, 0.1) is 5.92 Å². The summed E-state index contributed by atoms with van der Waals surface area (Å²) in [5.74, 6) is -0.373. The number of nitrogens with one attached hydrogen (secondary N) is 2. The third-order valence-corrected chi connectivity index (χ3v) is 9.84. The molecule has 256 valence electrons. The minimum atomic E-state index is -3.88. The number of ether oxygens (including phenoxy) is 2. The molecular formula is C33H46N6O7S. The van der Waals surface area contributed by atoms with Crippen molar-refractivity contribution in [2.24, 2.45) is 13.0 Å². The fourth-order valence-electron chi connectivity index (χ4n) is 5.31. The first kappa shape index (κ1) is 35.9. The molecule has 0 spiro atoms. The highest BCUT2D eigenvalue weighted by molar-refractivity contribution is 7.89. The number of likely N-dealkylation sites (N-methyl/N-ethyl adjacent to an activating group) is 1. The summed E-state index contributed by atoms with van der Waals surface area (Å²) in [6.45, 7) is 5.85. The maximum absolute atomic E-state index is 14.3. The van der Waals surface area contributed by atoms with E-state index in [0.29, 0.717) is 30.2 Å². The van der Waals surface area contributed by atoms with Gasteiger partial charge in [-0.25, -0.2) is 18.2 Å². The average Bonchev–Trinajstić information content (AvgIpc) is 3.49. The normalized spacial score (nSPS) is 20.5. The molecule has 4 rings (SSSR count). The Morgan fingerprint density at radius 3 is 2.53 bits per heavy atom. The number of amides is 3. The Balaban J connectivity index is 1.62. The maximum atomic E-state index is 14.3. The van der Waals surface area contributed by atoms with Crippen molar-refractivity contribution in [3.8, 4) is 5.75 Å². The van der Waals surface area contributed by atoms with E-state index in [2.05, 4.69) is 15.6 Å². The molecule has 0 unspecified atom stereocenters. The summed E-state index contributed by atoms with van der Waals surface area (Å²) in [6, 6.07) is 12.9. The fourth-order valence-corrected chi connectivity index (χ4v) is 6.45. The number of benzene rings is 2. The molecule has 0 bridgehead atoms. The number of carbonyl (C=O) groups excluding carboxylic acids is 2. The highest BCUT2D eigenvalue weighted by Crippen LogP contribution is 2.29. The van der Waals surface area contributed by atoms with E-state index in [1.54, 1.807) is 53.8 Å². The molecule has 0 fully saturated rings. The molecule has 1 aromatic heterocycles. The van der Waals surface area contributed by atoms with Crippen molar-refractivity contribution in [2.45, 2.75) is 63.3 Å². The number of rotatable bonds is 8. The molecule has 47 heavy (non-hydrogen) atoms. The molecule has 0 aliphatic carbocycles. The van der Waals surface area contributed by atoms with E-state index in [0.717, 1.165) is 12.8 Å². The number of fused-ring (bicyclic) bond motifs is 1. The zero-order chi connectivity index (χ0) is 34.1. The van der Waals surface area contributed by atoms with E-state index < -0.39 is 34.1 Å². The number of nitrogens with zero attached hydrogens (tertiary/aromatic N) is 4. The fraction of sp³-hybridized carbons (Fsp3) is 0.485. The Bertz CT molecular complexity index is 1600. The van der Waals surface area contributed by atoms with E-state index in [9.17, 15) is 23.1 Å². The van der Waals surface area contributed by atoms with Crippen molar-refractivity contribution < 1.29 is 32.6 Å². The summed E-state index contributed by atoms with van der Waals surface area (Å²) >= 11 is 0. The van der Waals surface area contributed by atoms with Crippen LogP contribution in [0.2, 0.25) is 0 Å². The molecular weight excluding hydrogens is 624 g/mol. The Labute approximate surface area is 276 Å². The van der Waals surface area contributed by atoms with Crippen molar-refractivity contribution in [3.05, 3.63) is 66.6 Å². The summed E-state index contributed by atoms with van der Waals surface area (Å²) < 4.78 is 41.9. The third-order valence-electron chi connectivity index (χ3n) is 8.13. The third kappa shape index (κ3) is 9.53. The van der Waals surface area contributed by atoms with Crippen LogP contribution in [0.3, 0.4) is 0 Å². The van der Waals surface area contributed by atoms with Gasteiger partial charge in [0.1, 0.15) is 5.75 Å². The summed E-state index contributed by atoms with van der Waals surface area (Å²) in [5, 5.41) is 15.7. The number of urea groups is 1. The second kappa shape index (κ2) is 16.2. The quantitative estimate of drug-likeness (QED) is 0.323. The van der Waals surface area contributed by atoms with Crippen LogP contribution in [-0.2, 0) is 21.8 Å². The van der Waals surface area contributed by atoms with Gasteiger partial charge in [-0.1, -0.05) is 25.1 Å². The van der Waals surface area contributed by atoms with Gasteiger partial charge in [-0.2, -0.15) is 4.31 Å². The first-order valence-corrected chi connectivity index (χ1v) is 17.2. The molecule has 3 amide bonds. The smallest absolute Gasteiger partial charge is 0.323 e. The Kier molecular flexibility index (Phi) is 12.4. The van der Waals surface area contributed by atoms with Crippen LogP contribution in [0.5, 0.6) is 5.75 Å². The summed E-state index contributed by atoms with van der Waals surface area (Å²) in [5.41, 5.74) is 1.23. The highest BCUT2D eigenvalue weighted by Gasteiger charge is 2.33. The minimum absolute atomic E-state index is 0.0380. The van der Waals surface area contributed by atoms with Gasteiger partial charge in [0.05, 0.1) is 36.7 Å². The second-order valence-electron chi connectivity index (χ2n) is 12.1. The van der Waals surface area contributed by atoms with Crippen LogP contribution in [0.4, 0.5) is 16.2 Å². The van der Waals surface area contributed by atoms with Crippen molar-refractivity contribution in [1.29, 1.82) is 0 Å². The second-order valence-corrected chi connectivity index (χ2v) is 14.1. The van der Waals surface area contributed by atoms with E-state index in [1.165, 1.54) is 23.9 Å². The van der Waals surface area contributed by atoms with Crippen LogP contribution in [0.25, 0.3) is 0 Å². The zero-order valence-electron chi connectivity index (χ0n) is 27.6. The predicted molar refractivity (Wildman–Crippen MR) is 179 cm³/mol. The van der Waals surface area contributed by atoms with Gasteiger partial charge in [-0.05, 0) is 63.4 Å². The SMILES string of the molecule is C[C@H](CO)N1C[C@H](C)[C@H](CN(C)S(=O)(=O)c2cn(C)cn2)OCCCC[C@H](C)Oc2ccc(NC(=O)Nc3ccccc3)cc2C1=O. The molecule has 2 aromatic carbocycles. The molecule has 14 heteroatoms. The van der Waals surface area contributed by atoms with Crippen LogP contribution in [0.1, 0.15) is 50.4 Å². The monoisotopic (exact) mass is 670 g/mol. The molecule has 0 saturated carbocycles. The van der Waals surface area contributed by atoms with E-state index >= 15 is 0 Å². The van der Waals surface area contributed by atoms with Crippen LogP contribution >= 0.6 is 0 Å². The molecule has 2 heterocycles. The predicted octanol–water partition coefficient (Wildman–Crippen LogP) is 4.18. The number of imidazole rings is 1. The standard InChI is InChI=1S/C33H46N6O7S/c1-23-18-39(24(2)21-40)32(41)28-17-27(36-33(42)35-26-12-7-6-8-13-26)14-15-29(28)46-25(3)11-9-10-16-45-30(23)19-38(5)47(43,44)31-20-37(4)22-34-31/h6-8,12-15,17,20,22-25,30,40H,9-11,16,18-19,21H2,1-5H3,(H2,35,36,42)/t23-,24+,25-,30-/m0/s1.